The second-order valence-corrected chi connectivity index (χ2v) is 5.36. The van der Waals surface area contributed by atoms with Crippen molar-refractivity contribution < 1.29 is 0 Å². The van der Waals surface area contributed by atoms with Gasteiger partial charge in [-0.15, -0.1) is 0 Å². The molecule has 0 radical (unpaired) electrons. The van der Waals surface area contributed by atoms with Gasteiger partial charge in [-0.3, -0.25) is 0 Å². The first-order valence-corrected chi connectivity index (χ1v) is 7.03. The molecule has 0 spiro atoms. The maximum atomic E-state index is 6.37. The molecule has 0 bridgehead atoms. The van der Waals surface area contributed by atoms with Gasteiger partial charge >= 0.3 is 0 Å². The number of hydrogen-bond donors (Lipinski definition) is 1. The van der Waals surface area contributed by atoms with Crippen molar-refractivity contribution in [1.82, 2.24) is 0 Å². The topological polar surface area (TPSA) is 26.0 Å². The van der Waals surface area contributed by atoms with Gasteiger partial charge in [0, 0.05) is 6.04 Å². The Morgan fingerprint density at radius 1 is 0.850 bits per heavy atom. The summed E-state index contributed by atoms with van der Waals surface area (Å²) in [6.07, 6.45) is 0.865. The second-order valence-electron chi connectivity index (χ2n) is 5.36. The lowest BCUT2D eigenvalue weighted by atomic mass is 9.95. The molecule has 0 aliphatic carbocycles. The van der Waals surface area contributed by atoms with Gasteiger partial charge in [0.2, 0.25) is 0 Å². The smallest absolute Gasteiger partial charge is 0.0335 e. The van der Waals surface area contributed by atoms with Crippen LogP contribution in [0.2, 0.25) is 0 Å². The van der Waals surface area contributed by atoms with Crippen molar-refractivity contribution in [3.05, 3.63) is 83.4 Å². The van der Waals surface area contributed by atoms with E-state index in [1.807, 2.05) is 0 Å². The van der Waals surface area contributed by atoms with Crippen molar-refractivity contribution in [2.24, 2.45) is 5.73 Å². The fraction of sp³-hybridized carbons (Fsp3) is 0.158. The minimum atomic E-state index is 0.0430. The Kier molecular flexibility index (Phi) is 3.53. The molecule has 1 unspecified atom stereocenters. The zero-order chi connectivity index (χ0) is 13.9. The largest absolute Gasteiger partial charge is 0.324 e. The molecule has 0 heterocycles. The molecule has 2 N–H and O–H groups in total. The first-order chi connectivity index (χ1) is 9.74. The Balaban J connectivity index is 1.91. The second kappa shape index (κ2) is 5.48. The third-order valence-electron chi connectivity index (χ3n) is 3.83. The third kappa shape index (κ3) is 2.59. The average Bonchev–Trinajstić information content (AvgIpc) is 2.48. The first kappa shape index (κ1) is 12.9. The van der Waals surface area contributed by atoms with Crippen LogP contribution >= 0.6 is 0 Å². The van der Waals surface area contributed by atoms with Crippen molar-refractivity contribution in [2.75, 3.05) is 0 Å². The Labute approximate surface area is 120 Å². The van der Waals surface area contributed by atoms with Crippen LogP contribution in [0.15, 0.2) is 66.7 Å². The van der Waals surface area contributed by atoms with Crippen molar-refractivity contribution in [2.45, 2.75) is 19.4 Å². The zero-order valence-corrected chi connectivity index (χ0v) is 11.7. The van der Waals surface area contributed by atoms with E-state index in [1.165, 1.54) is 27.5 Å². The molecule has 20 heavy (non-hydrogen) atoms. The van der Waals surface area contributed by atoms with Gasteiger partial charge in [-0.25, -0.2) is 0 Å². The maximum absolute atomic E-state index is 6.37. The summed E-state index contributed by atoms with van der Waals surface area (Å²) in [5.74, 6) is 0. The maximum Gasteiger partial charge on any atom is 0.0335 e. The Hall–Kier alpha value is -2.12. The quantitative estimate of drug-likeness (QED) is 0.743. The van der Waals surface area contributed by atoms with Crippen LogP contribution in [0.3, 0.4) is 0 Å². The van der Waals surface area contributed by atoms with Crippen LogP contribution in [0, 0.1) is 6.92 Å². The van der Waals surface area contributed by atoms with Crippen molar-refractivity contribution in [1.29, 1.82) is 0 Å². The summed E-state index contributed by atoms with van der Waals surface area (Å²) in [7, 11) is 0. The number of rotatable bonds is 3. The first-order valence-electron chi connectivity index (χ1n) is 7.03. The fourth-order valence-electron chi connectivity index (χ4n) is 2.64. The van der Waals surface area contributed by atoms with E-state index in [0.717, 1.165) is 6.42 Å². The molecule has 3 aromatic rings. The fourth-order valence-corrected chi connectivity index (χ4v) is 2.64. The van der Waals surface area contributed by atoms with Gasteiger partial charge in [-0.05, 0) is 35.2 Å². The van der Waals surface area contributed by atoms with Crippen LogP contribution in [0.4, 0.5) is 0 Å². The molecule has 0 aliphatic heterocycles. The average molecular weight is 261 g/mol. The van der Waals surface area contributed by atoms with Crippen LogP contribution in [0.25, 0.3) is 10.8 Å². The van der Waals surface area contributed by atoms with Gasteiger partial charge in [0.25, 0.3) is 0 Å². The van der Waals surface area contributed by atoms with Gasteiger partial charge in [0.15, 0.2) is 0 Å². The number of fused-ring (bicyclic) bond motifs is 1. The van der Waals surface area contributed by atoms with Crippen LogP contribution in [-0.2, 0) is 6.42 Å². The van der Waals surface area contributed by atoms with Gasteiger partial charge in [0.05, 0.1) is 0 Å². The normalized spacial score (nSPS) is 12.5. The lowest BCUT2D eigenvalue weighted by Crippen LogP contribution is -2.13. The third-order valence-corrected chi connectivity index (χ3v) is 3.83. The Morgan fingerprint density at radius 3 is 2.35 bits per heavy atom. The lowest BCUT2D eigenvalue weighted by Gasteiger charge is -2.14. The molecular formula is C19H19N. The van der Waals surface area contributed by atoms with Gasteiger partial charge in [-0.1, -0.05) is 72.3 Å². The molecule has 0 amide bonds. The standard InChI is InChI=1S/C19H19N/c1-14-9-11-16(12-10-14)19(20)13-17-7-4-6-15-5-2-3-8-18(15)17/h2-12,19H,13,20H2,1H3. The summed E-state index contributed by atoms with van der Waals surface area (Å²) >= 11 is 0. The van der Waals surface area contributed by atoms with E-state index >= 15 is 0 Å². The van der Waals surface area contributed by atoms with E-state index in [-0.39, 0.29) is 6.04 Å². The predicted molar refractivity (Wildman–Crippen MR) is 85.8 cm³/mol. The predicted octanol–water partition coefficient (Wildman–Crippen LogP) is 4.39. The molecule has 1 atom stereocenters. The molecule has 1 nitrogen and oxygen atoms in total. The number of hydrogen-bond acceptors (Lipinski definition) is 1. The minimum Gasteiger partial charge on any atom is -0.324 e. The lowest BCUT2D eigenvalue weighted by molar-refractivity contribution is 0.725. The zero-order valence-electron chi connectivity index (χ0n) is 11.7. The summed E-state index contributed by atoms with van der Waals surface area (Å²) in [5.41, 5.74) is 10.2. The Morgan fingerprint density at radius 2 is 1.55 bits per heavy atom. The molecule has 3 aromatic carbocycles. The van der Waals surface area contributed by atoms with E-state index in [0.29, 0.717) is 0 Å². The van der Waals surface area contributed by atoms with Crippen molar-refractivity contribution in [3.63, 3.8) is 0 Å². The van der Waals surface area contributed by atoms with Crippen molar-refractivity contribution >= 4 is 10.8 Å². The summed E-state index contributed by atoms with van der Waals surface area (Å²) in [5, 5.41) is 2.58. The number of aryl methyl sites for hydroxylation is 1. The van der Waals surface area contributed by atoms with E-state index in [9.17, 15) is 0 Å². The van der Waals surface area contributed by atoms with E-state index in [1.54, 1.807) is 0 Å². The van der Waals surface area contributed by atoms with Gasteiger partial charge in [0.1, 0.15) is 0 Å². The van der Waals surface area contributed by atoms with Crippen LogP contribution in [-0.4, -0.2) is 0 Å². The van der Waals surface area contributed by atoms with Crippen LogP contribution < -0.4 is 5.73 Å². The van der Waals surface area contributed by atoms with Crippen LogP contribution in [0.5, 0.6) is 0 Å². The highest BCUT2D eigenvalue weighted by molar-refractivity contribution is 5.85. The summed E-state index contributed by atoms with van der Waals surface area (Å²) in [6.45, 7) is 2.10. The van der Waals surface area contributed by atoms with Crippen molar-refractivity contribution in [3.8, 4) is 0 Å². The summed E-state index contributed by atoms with van der Waals surface area (Å²) in [4.78, 5) is 0. The monoisotopic (exact) mass is 261 g/mol. The van der Waals surface area contributed by atoms with E-state index in [4.69, 9.17) is 5.73 Å². The molecule has 0 aromatic heterocycles. The molecule has 1 heteroatoms. The molecule has 3 rings (SSSR count). The number of benzene rings is 3. The summed E-state index contributed by atoms with van der Waals surface area (Å²) < 4.78 is 0. The molecule has 0 aliphatic rings. The Bertz CT molecular complexity index is 708. The molecule has 0 fully saturated rings. The van der Waals surface area contributed by atoms with Gasteiger partial charge < -0.3 is 5.73 Å². The summed E-state index contributed by atoms with van der Waals surface area (Å²) in [6, 6.07) is 23.5. The molecule has 0 saturated carbocycles. The van der Waals surface area contributed by atoms with E-state index in [2.05, 4.69) is 73.7 Å². The number of nitrogens with two attached hydrogens (primary N) is 1. The highest BCUT2D eigenvalue weighted by atomic mass is 14.6. The SMILES string of the molecule is Cc1ccc(C(N)Cc2cccc3ccccc23)cc1. The molecule has 100 valence electrons. The molecule has 0 saturated heterocycles. The van der Waals surface area contributed by atoms with Gasteiger partial charge in [-0.2, -0.15) is 0 Å². The van der Waals surface area contributed by atoms with E-state index < -0.39 is 0 Å². The molecular weight excluding hydrogens is 242 g/mol. The highest BCUT2D eigenvalue weighted by Crippen LogP contribution is 2.23. The highest BCUT2D eigenvalue weighted by Gasteiger charge is 2.09. The van der Waals surface area contributed by atoms with Crippen LogP contribution in [0.1, 0.15) is 22.7 Å². The minimum absolute atomic E-state index is 0.0430.